The molecule has 1 aromatic rings. The van der Waals surface area contributed by atoms with E-state index >= 15 is 0 Å². The van der Waals surface area contributed by atoms with Crippen molar-refractivity contribution in [2.75, 3.05) is 38.0 Å². The molecule has 1 aliphatic carbocycles. The molecule has 43 heavy (non-hydrogen) atoms. The number of nitrogens with zero attached hydrogens (tertiary/aromatic N) is 3. The fourth-order valence-electron chi connectivity index (χ4n) is 6.45. The molecule has 3 heterocycles. The molecule has 1 saturated carbocycles. The van der Waals surface area contributed by atoms with E-state index in [0.29, 0.717) is 44.3 Å². The number of halogens is 3. The van der Waals surface area contributed by atoms with E-state index in [1.54, 1.807) is 11.8 Å². The predicted octanol–water partition coefficient (Wildman–Crippen LogP) is 5.60. The molecule has 3 N–H and O–H groups in total. The number of carbonyl (C=O) groups excluding carboxylic acids is 2. The molecule has 11 heteroatoms. The zero-order chi connectivity index (χ0) is 30.4. The van der Waals surface area contributed by atoms with Crippen molar-refractivity contribution in [3.05, 3.63) is 40.7 Å². The summed E-state index contributed by atoms with van der Waals surface area (Å²) in [6.07, 6.45) is 5.95. The molecule has 2 amide bonds. The second kappa shape index (κ2) is 14.0. The lowest BCUT2D eigenvalue weighted by atomic mass is 9.88. The number of amides is 2. The lowest BCUT2D eigenvalue weighted by Gasteiger charge is -2.29. The van der Waals surface area contributed by atoms with Gasteiger partial charge in [-0.15, -0.1) is 0 Å². The van der Waals surface area contributed by atoms with Crippen LogP contribution in [0.5, 0.6) is 0 Å². The molecule has 0 bridgehead atoms. The second-order valence-corrected chi connectivity index (χ2v) is 12.3. The molecule has 236 valence electrons. The molecule has 8 nitrogen and oxygen atoms in total. The van der Waals surface area contributed by atoms with Gasteiger partial charge in [-0.1, -0.05) is 18.6 Å². The molecular weight excluding hydrogens is 557 g/mol. The predicted molar refractivity (Wildman–Crippen MR) is 162 cm³/mol. The third kappa shape index (κ3) is 8.44. The van der Waals surface area contributed by atoms with E-state index < -0.39 is 18.0 Å². The van der Waals surface area contributed by atoms with Crippen LogP contribution in [0, 0.1) is 0 Å². The number of benzene rings is 1. The van der Waals surface area contributed by atoms with E-state index in [-0.39, 0.29) is 17.6 Å². The van der Waals surface area contributed by atoms with Crippen molar-refractivity contribution >= 4 is 23.7 Å². The van der Waals surface area contributed by atoms with Gasteiger partial charge in [0.15, 0.2) is 6.29 Å². The fraction of sp³-hybridized carbons (Fsp3) is 0.656. The first-order valence-corrected chi connectivity index (χ1v) is 16.0. The highest BCUT2D eigenvalue weighted by Gasteiger charge is 2.38. The Kier molecular flexibility index (Phi) is 10.2. The first-order valence-electron chi connectivity index (χ1n) is 16.0. The highest BCUT2D eigenvalue weighted by Crippen LogP contribution is 2.45. The molecule has 3 aliphatic heterocycles. The molecule has 1 aromatic carbocycles. The molecule has 5 rings (SSSR count). The van der Waals surface area contributed by atoms with Crippen LogP contribution in [-0.4, -0.2) is 73.0 Å². The van der Waals surface area contributed by atoms with Crippen molar-refractivity contribution in [3.63, 3.8) is 0 Å². The Bertz CT molecular complexity index is 1210. The minimum atomic E-state index is -4.55. The SMILES string of the molecule is CC(=O)N1CCCCC(c2ccc(NC3N=CC(C(F)(F)F)=C(NCCCN4CCCCC4=O)N3)c(C3CC3)c2)CCC1. The van der Waals surface area contributed by atoms with E-state index in [1.165, 1.54) is 11.1 Å². The molecule has 2 atom stereocenters. The van der Waals surface area contributed by atoms with Crippen LogP contribution in [0.15, 0.2) is 34.6 Å². The lowest BCUT2D eigenvalue weighted by Crippen LogP contribution is -2.45. The number of alkyl halides is 3. The maximum Gasteiger partial charge on any atom is 0.421 e. The summed E-state index contributed by atoms with van der Waals surface area (Å²) >= 11 is 0. The van der Waals surface area contributed by atoms with Gasteiger partial charge in [0.2, 0.25) is 11.8 Å². The summed E-state index contributed by atoms with van der Waals surface area (Å²) in [7, 11) is 0. The summed E-state index contributed by atoms with van der Waals surface area (Å²) in [5.74, 6) is 1.04. The average Bonchev–Trinajstić information content (AvgIpc) is 3.80. The summed E-state index contributed by atoms with van der Waals surface area (Å²) < 4.78 is 41.4. The number of nitrogens with one attached hydrogen (secondary N) is 3. The van der Waals surface area contributed by atoms with E-state index in [4.69, 9.17) is 0 Å². The Labute approximate surface area is 252 Å². The standard InChI is InChI=1S/C32H45F3N6O2/c1-22(42)40-16-4-2-8-23(9-6-18-40)25-13-14-28(26(20-25)24-11-12-24)38-31-37-21-27(32(33,34)35)30(39-31)36-15-7-19-41-17-5-3-10-29(41)43/h13-14,20-21,23-24,31,36,38-39H,2-12,15-19H2,1H3. The minimum absolute atomic E-state index is 0.0975. The van der Waals surface area contributed by atoms with Crippen molar-refractivity contribution < 1.29 is 22.8 Å². The van der Waals surface area contributed by atoms with Crippen LogP contribution in [-0.2, 0) is 9.59 Å². The smallest absolute Gasteiger partial charge is 0.371 e. The summed E-state index contributed by atoms with van der Waals surface area (Å²) in [6.45, 7) is 4.82. The number of likely N-dealkylation sites (tertiary alicyclic amines) is 1. The topological polar surface area (TPSA) is 89.1 Å². The van der Waals surface area contributed by atoms with Gasteiger partial charge in [0.05, 0.1) is 0 Å². The van der Waals surface area contributed by atoms with Crippen molar-refractivity contribution in [2.24, 2.45) is 4.99 Å². The Hall–Kier alpha value is -3.24. The van der Waals surface area contributed by atoms with Crippen molar-refractivity contribution in [1.82, 2.24) is 20.4 Å². The van der Waals surface area contributed by atoms with Gasteiger partial charge in [0, 0.05) is 58.0 Å². The third-order valence-corrected chi connectivity index (χ3v) is 9.05. The Morgan fingerprint density at radius 3 is 2.53 bits per heavy atom. The summed E-state index contributed by atoms with van der Waals surface area (Å²) in [6, 6.07) is 6.49. The molecule has 0 radical (unpaired) electrons. The zero-order valence-corrected chi connectivity index (χ0v) is 25.1. The van der Waals surface area contributed by atoms with Crippen LogP contribution < -0.4 is 16.0 Å². The molecule has 3 fully saturated rings. The van der Waals surface area contributed by atoms with E-state index in [2.05, 4.69) is 39.1 Å². The van der Waals surface area contributed by atoms with E-state index in [1.807, 2.05) is 4.90 Å². The first kappa shape index (κ1) is 31.2. The van der Waals surface area contributed by atoms with Crippen LogP contribution >= 0.6 is 0 Å². The number of hydrogen-bond donors (Lipinski definition) is 3. The fourth-order valence-corrected chi connectivity index (χ4v) is 6.45. The number of rotatable bonds is 9. The number of hydrogen-bond acceptors (Lipinski definition) is 6. The molecular formula is C32H45F3N6O2. The summed E-state index contributed by atoms with van der Waals surface area (Å²) in [5.41, 5.74) is 2.56. The van der Waals surface area contributed by atoms with Gasteiger partial charge in [0.1, 0.15) is 11.4 Å². The molecule has 0 spiro atoms. The van der Waals surface area contributed by atoms with Crippen LogP contribution in [0.25, 0.3) is 0 Å². The monoisotopic (exact) mass is 602 g/mol. The van der Waals surface area contributed by atoms with Crippen molar-refractivity contribution in [2.45, 2.75) is 102 Å². The summed E-state index contributed by atoms with van der Waals surface area (Å²) in [4.78, 5) is 31.9. The largest absolute Gasteiger partial charge is 0.421 e. The molecule has 2 unspecified atom stereocenters. The van der Waals surface area contributed by atoms with Gasteiger partial charge in [-0.05, 0) is 86.8 Å². The van der Waals surface area contributed by atoms with E-state index in [0.717, 1.165) is 82.8 Å². The Morgan fingerprint density at radius 2 is 1.79 bits per heavy atom. The highest BCUT2D eigenvalue weighted by molar-refractivity contribution is 5.82. The Balaban J connectivity index is 1.23. The quantitative estimate of drug-likeness (QED) is 0.321. The van der Waals surface area contributed by atoms with Crippen LogP contribution in [0.4, 0.5) is 18.9 Å². The zero-order valence-electron chi connectivity index (χ0n) is 25.1. The lowest BCUT2D eigenvalue weighted by molar-refractivity contribution is -0.133. The number of aliphatic imine (C=N–C) groups is 1. The van der Waals surface area contributed by atoms with Gasteiger partial charge in [0.25, 0.3) is 0 Å². The van der Waals surface area contributed by atoms with Crippen molar-refractivity contribution in [3.8, 4) is 0 Å². The van der Waals surface area contributed by atoms with Crippen molar-refractivity contribution in [1.29, 1.82) is 0 Å². The third-order valence-electron chi connectivity index (χ3n) is 9.05. The highest BCUT2D eigenvalue weighted by atomic mass is 19.4. The maximum atomic E-state index is 13.8. The van der Waals surface area contributed by atoms with Crippen LogP contribution in [0.3, 0.4) is 0 Å². The Morgan fingerprint density at radius 1 is 1.02 bits per heavy atom. The first-order chi connectivity index (χ1) is 20.7. The number of allylic oxidation sites excluding steroid dienone is 1. The van der Waals surface area contributed by atoms with Gasteiger partial charge >= 0.3 is 6.18 Å². The van der Waals surface area contributed by atoms with Gasteiger partial charge in [-0.2, -0.15) is 13.2 Å². The number of piperidine rings is 1. The summed E-state index contributed by atoms with van der Waals surface area (Å²) in [5, 5.41) is 9.22. The number of anilines is 1. The van der Waals surface area contributed by atoms with Gasteiger partial charge in [-0.25, -0.2) is 4.99 Å². The molecule has 0 aromatic heterocycles. The normalized spacial score (nSPS) is 23.8. The maximum absolute atomic E-state index is 13.8. The van der Waals surface area contributed by atoms with E-state index in [9.17, 15) is 22.8 Å². The van der Waals surface area contributed by atoms with Gasteiger partial charge < -0.3 is 25.8 Å². The molecule has 2 saturated heterocycles. The average molecular weight is 603 g/mol. The van der Waals surface area contributed by atoms with Crippen LogP contribution in [0.1, 0.15) is 101 Å². The van der Waals surface area contributed by atoms with Gasteiger partial charge in [-0.3, -0.25) is 9.59 Å². The molecule has 4 aliphatic rings. The minimum Gasteiger partial charge on any atom is -0.371 e. The van der Waals surface area contributed by atoms with Crippen LogP contribution in [0.2, 0.25) is 0 Å². The number of carbonyl (C=O) groups is 2. The second-order valence-electron chi connectivity index (χ2n) is 12.3.